The van der Waals surface area contributed by atoms with Gasteiger partial charge >= 0.3 is 0 Å². The van der Waals surface area contributed by atoms with Crippen LogP contribution in [0.15, 0.2) is 46.0 Å². The lowest BCUT2D eigenvalue weighted by atomic mass is 9.92. The first kappa shape index (κ1) is 19.0. The highest BCUT2D eigenvalue weighted by molar-refractivity contribution is 9.10. The molecule has 2 heterocycles. The van der Waals surface area contributed by atoms with Crippen LogP contribution < -0.4 is 10.6 Å². The predicted octanol–water partition coefficient (Wildman–Crippen LogP) is 3.33. The van der Waals surface area contributed by atoms with Crippen molar-refractivity contribution in [2.75, 3.05) is 18.0 Å². The van der Waals surface area contributed by atoms with Gasteiger partial charge < -0.3 is 10.6 Å². The Hall–Kier alpha value is -2.79. The van der Waals surface area contributed by atoms with Crippen molar-refractivity contribution in [2.24, 2.45) is 16.6 Å². The van der Waals surface area contributed by atoms with Gasteiger partial charge in [-0.15, -0.1) is 0 Å². The van der Waals surface area contributed by atoms with E-state index >= 15 is 0 Å². The van der Waals surface area contributed by atoms with E-state index in [4.69, 9.17) is 11.0 Å². The van der Waals surface area contributed by atoms with Crippen LogP contribution in [0.2, 0.25) is 0 Å². The Morgan fingerprint density at radius 2 is 2.07 bits per heavy atom. The van der Waals surface area contributed by atoms with E-state index < -0.39 is 5.82 Å². The standard InChI is InChI=1S/C19H17BrFN5O/c20-15-9-14(2-3-16(15)21)25-19(23)18(27)13-5-7-26(8-6-13)17-4-1-12(10-22)11-24-17/h1-4,9,11,13H,5-8H2,(H2,23,25). The van der Waals surface area contributed by atoms with Gasteiger partial charge in [0.25, 0.3) is 0 Å². The molecule has 0 saturated carbocycles. The van der Waals surface area contributed by atoms with Crippen LogP contribution in [0.25, 0.3) is 0 Å². The number of pyridine rings is 1. The lowest BCUT2D eigenvalue weighted by molar-refractivity contribution is -0.117. The number of amidine groups is 1. The summed E-state index contributed by atoms with van der Waals surface area (Å²) in [4.78, 5) is 23.1. The maximum Gasteiger partial charge on any atom is 0.200 e. The minimum Gasteiger partial charge on any atom is -0.381 e. The number of piperidine rings is 1. The van der Waals surface area contributed by atoms with Crippen molar-refractivity contribution in [1.29, 1.82) is 5.26 Å². The number of nitrogens with two attached hydrogens (primary N) is 1. The molecule has 2 N–H and O–H groups in total. The summed E-state index contributed by atoms with van der Waals surface area (Å²) in [6.07, 6.45) is 2.83. The number of carbonyl (C=O) groups excluding carboxylic acids is 1. The summed E-state index contributed by atoms with van der Waals surface area (Å²) in [6.45, 7) is 1.34. The first-order chi connectivity index (χ1) is 13.0. The van der Waals surface area contributed by atoms with Crippen molar-refractivity contribution in [3.63, 3.8) is 0 Å². The van der Waals surface area contributed by atoms with Gasteiger partial charge in [0, 0.05) is 25.2 Å². The van der Waals surface area contributed by atoms with Gasteiger partial charge in [-0.2, -0.15) is 5.26 Å². The molecule has 138 valence electrons. The Morgan fingerprint density at radius 1 is 1.33 bits per heavy atom. The molecule has 0 bridgehead atoms. The number of anilines is 1. The summed E-state index contributed by atoms with van der Waals surface area (Å²) < 4.78 is 13.6. The number of hydrogen-bond acceptors (Lipinski definition) is 5. The fourth-order valence-corrected chi connectivity index (χ4v) is 3.33. The average Bonchev–Trinajstić information content (AvgIpc) is 2.70. The lowest BCUT2D eigenvalue weighted by Crippen LogP contribution is -2.40. The molecule has 2 aromatic rings. The lowest BCUT2D eigenvalue weighted by Gasteiger charge is -2.31. The van der Waals surface area contributed by atoms with Gasteiger partial charge in [0.05, 0.1) is 15.7 Å². The van der Waals surface area contributed by atoms with Gasteiger partial charge in [-0.25, -0.2) is 14.4 Å². The summed E-state index contributed by atoms with van der Waals surface area (Å²) in [5.74, 6) is -0.0704. The number of benzene rings is 1. The van der Waals surface area contributed by atoms with E-state index in [9.17, 15) is 9.18 Å². The molecular weight excluding hydrogens is 413 g/mol. The van der Waals surface area contributed by atoms with Crippen molar-refractivity contribution in [3.05, 3.63) is 52.4 Å². The van der Waals surface area contributed by atoms with Crippen molar-refractivity contribution >= 4 is 39.1 Å². The van der Waals surface area contributed by atoms with Gasteiger partial charge in [0.2, 0.25) is 5.78 Å². The number of carbonyl (C=O) groups is 1. The second kappa shape index (κ2) is 8.27. The van der Waals surface area contributed by atoms with Crippen LogP contribution in [0, 0.1) is 23.1 Å². The van der Waals surface area contributed by atoms with Gasteiger partial charge in [0.1, 0.15) is 17.7 Å². The molecular formula is C19H17BrFN5O. The van der Waals surface area contributed by atoms with Crippen LogP contribution >= 0.6 is 15.9 Å². The molecule has 1 aliphatic rings. The normalized spacial score (nSPS) is 15.4. The first-order valence-corrected chi connectivity index (χ1v) is 9.22. The molecule has 0 aliphatic carbocycles. The topological polar surface area (TPSA) is 95.4 Å². The van der Waals surface area contributed by atoms with E-state index in [-0.39, 0.29) is 22.0 Å². The smallest absolute Gasteiger partial charge is 0.200 e. The Bertz CT molecular complexity index is 915. The number of nitriles is 1. The van der Waals surface area contributed by atoms with Crippen LogP contribution in [0.3, 0.4) is 0 Å². The first-order valence-electron chi connectivity index (χ1n) is 8.42. The minimum absolute atomic E-state index is 0.0662. The zero-order valence-corrected chi connectivity index (χ0v) is 16.0. The van der Waals surface area contributed by atoms with Crippen LogP contribution in [-0.2, 0) is 4.79 Å². The maximum absolute atomic E-state index is 13.3. The van der Waals surface area contributed by atoms with Crippen LogP contribution in [0.4, 0.5) is 15.9 Å². The Balaban J connectivity index is 1.62. The number of rotatable bonds is 4. The molecule has 3 rings (SSSR count). The molecule has 1 aromatic carbocycles. The van der Waals surface area contributed by atoms with E-state index in [0.29, 0.717) is 37.2 Å². The van der Waals surface area contributed by atoms with Gasteiger partial charge in [-0.1, -0.05) is 0 Å². The molecule has 1 aliphatic heterocycles. The Labute approximate surface area is 164 Å². The minimum atomic E-state index is -0.400. The van der Waals surface area contributed by atoms with Gasteiger partial charge in [0.15, 0.2) is 5.84 Å². The summed E-state index contributed by atoms with van der Waals surface area (Å²) >= 11 is 3.09. The molecule has 1 fully saturated rings. The third kappa shape index (κ3) is 4.49. The molecule has 0 unspecified atom stereocenters. The number of hydrogen-bond donors (Lipinski definition) is 1. The summed E-state index contributed by atoms with van der Waals surface area (Å²) in [7, 11) is 0. The zero-order valence-electron chi connectivity index (χ0n) is 14.4. The third-order valence-electron chi connectivity index (χ3n) is 4.47. The summed E-state index contributed by atoms with van der Waals surface area (Å²) in [5, 5.41) is 8.84. The van der Waals surface area contributed by atoms with E-state index in [1.165, 1.54) is 24.4 Å². The molecule has 27 heavy (non-hydrogen) atoms. The maximum atomic E-state index is 13.3. The molecule has 8 heteroatoms. The second-order valence-corrected chi connectivity index (χ2v) is 7.09. The fraction of sp³-hybridized carbons (Fsp3) is 0.263. The monoisotopic (exact) mass is 429 g/mol. The van der Waals surface area contributed by atoms with Crippen molar-refractivity contribution in [2.45, 2.75) is 12.8 Å². The second-order valence-electron chi connectivity index (χ2n) is 6.24. The molecule has 0 amide bonds. The fourth-order valence-electron chi connectivity index (χ4n) is 2.97. The Kier molecular flexibility index (Phi) is 5.81. The van der Waals surface area contributed by atoms with E-state index in [1.54, 1.807) is 6.07 Å². The quantitative estimate of drug-likeness (QED) is 0.593. The molecule has 0 atom stereocenters. The number of Topliss-reactive ketones (excluding diaryl/α,β-unsaturated/α-hetero) is 1. The SMILES string of the molecule is N#Cc1ccc(N2CCC(C(=O)C(N)=Nc3ccc(F)c(Br)c3)CC2)nc1. The van der Waals surface area contributed by atoms with Crippen molar-refractivity contribution in [1.82, 2.24) is 4.98 Å². The van der Waals surface area contributed by atoms with Crippen LogP contribution in [-0.4, -0.2) is 29.7 Å². The average molecular weight is 430 g/mol. The molecule has 1 aromatic heterocycles. The highest BCUT2D eigenvalue weighted by Gasteiger charge is 2.27. The molecule has 0 spiro atoms. The highest BCUT2D eigenvalue weighted by Crippen LogP contribution is 2.25. The predicted molar refractivity (Wildman–Crippen MR) is 104 cm³/mol. The van der Waals surface area contributed by atoms with E-state index in [2.05, 4.69) is 30.8 Å². The van der Waals surface area contributed by atoms with Gasteiger partial charge in [-0.3, -0.25) is 4.79 Å². The van der Waals surface area contributed by atoms with Crippen molar-refractivity contribution in [3.8, 4) is 6.07 Å². The third-order valence-corrected chi connectivity index (χ3v) is 5.08. The highest BCUT2D eigenvalue weighted by atomic mass is 79.9. The number of aromatic nitrogens is 1. The molecule has 1 saturated heterocycles. The molecule has 6 nitrogen and oxygen atoms in total. The number of halogens is 2. The Morgan fingerprint density at radius 3 is 2.67 bits per heavy atom. The van der Waals surface area contributed by atoms with E-state index in [1.807, 2.05) is 12.1 Å². The number of aliphatic imine (C=N–C) groups is 1. The van der Waals surface area contributed by atoms with Crippen LogP contribution in [0.1, 0.15) is 18.4 Å². The molecule has 0 radical (unpaired) electrons. The number of nitrogens with zero attached hydrogens (tertiary/aromatic N) is 4. The van der Waals surface area contributed by atoms with Gasteiger partial charge in [-0.05, 0) is 59.1 Å². The van der Waals surface area contributed by atoms with Crippen molar-refractivity contribution < 1.29 is 9.18 Å². The zero-order chi connectivity index (χ0) is 19.4. The van der Waals surface area contributed by atoms with E-state index in [0.717, 1.165) is 5.82 Å². The number of ketones is 1. The van der Waals surface area contributed by atoms with Crippen LogP contribution in [0.5, 0.6) is 0 Å². The summed E-state index contributed by atoms with van der Waals surface area (Å²) in [6, 6.07) is 9.80. The summed E-state index contributed by atoms with van der Waals surface area (Å²) in [5.41, 5.74) is 6.82. The largest absolute Gasteiger partial charge is 0.381 e.